The summed E-state index contributed by atoms with van der Waals surface area (Å²) < 4.78 is 29.5. The topological polar surface area (TPSA) is 94.8 Å². The summed E-state index contributed by atoms with van der Waals surface area (Å²) in [6.45, 7) is 1.54. The molecule has 0 atom stereocenters. The summed E-state index contributed by atoms with van der Waals surface area (Å²) in [5.74, 6) is -0.127. The zero-order valence-corrected chi connectivity index (χ0v) is 13.7. The van der Waals surface area contributed by atoms with Crippen LogP contribution in [-0.2, 0) is 10.1 Å². The monoisotopic (exact) mass is 312 g/mol. The Morgan fingerprint density at radius 3 is 1.53 bits per heavy atom. The minimum absolute atomic E-state index is 0.127. The van der Waals surface area contributed by atoms with Gasteiger partial charge in [-0.3, -0.25) is 4.55 Å². The van der Waals surface area contributed by atoms with Crippen LogP contribution >= 0.6 is 0 Å². The van der Waals surface area contributed by atoms with Gasteiger partial charge in [-0.1, -0.05) is 51.4 Å². The van der Waals surface area contributed by atoms with Gasteiger partial charge in [0.05, 0.1) is 5.75 Å². The van der Waals surface area contributed by atoms with E-state index in [1.807, 2.05) is 0 Å². The van der Waals surface area contributed by atoms with Crippen molar-refractivity contribution < 1.29 is 22.6 Å². The van der Waals surface area contributed by atoms with Gasteiger partial charge in [-0.2, -0.15) is 8.42 Å². The minimum atomic E-state index is -3.78. The maximum atomic E-state index is 10.5. The van der Waals surface area contributed by atoms with Crippen LogP contribution in [0.3, 0.4) is 0 Å². The van der Waals surface area contributed by atoms with Crippen molar-refractivity contribution >= 4 is 18.7 Å². The van der Waals surface area contributed by atoms with Crippen LogP contribution in [-0.4, -0.2) is 36.9 Å². The molecule has 0 bridgehead atoms. The Morgan fingerprint density at radius 1 is 0.789 bits per heavy atom. The third-order valence-corrected chi connectivity index (χ3v) is 5.16. The molecule has 5 nitrogen and oxygen atoms in total. The number of hydrogen-bond acceptors (Lipinski definition) is 4. The molecule has 0 aliphatic rings. The average molecular weight is 313 g/mol. The van der Waals surface area contributed by atoms with E-state index in [0.29, 0.717) is 12.5 Å². The Balaban J connectivity index is 3.16. The van der Waals surface area contributed by atoms with Gasteiger partial charge in [0.2, 0.25) is 0 Å². The fraction of sp³-hybridized carbons (Fsp3) is 1.00. The number of hydrogen-bond donors (Lipinski definition) is 3. The molecular formula is C12H28O5SSi. The summed E-state index contributed by atoms with van der Waals surface area (Å²) in [7, 11) is -6.61. The first kappa shape index (κ1) is 19.0. The first-order valence-electron chi connectivity index (χ1n) is 7.11. The second-order valence-corrected chi connectivity index (χ2v) is 9.94. The molecule has 0 saturated carbocycles. The van der Waals surface area contributed by atoms with Gasteiger partial charge in [-0.05, 0) is 19.0 Å². The van der Waals surface area contributed by atoms with Crippen molar-refractivity contribution in [2.24, 2.45) is 0 Å². The molecule has 0 saturated heterocycles. The zero-order chi connectivity index (χ0) is 14.8. The molecule has 0 spiro atoms. The maximum Gasteiger partial charge on any atom is 0.329 e. The highest BCUT2D eigenvalue weighted by molar-refractivity contribution is 7.85. The smallest absolute Gasteiger partial charge is 0.329 e. The van der Waals surface area contributed by atoms with E-state index in [0.717, 1.165) is 51.4 Å². The fourth-order valence-electron chi connectivity index (χ4n) is 1.98. The van der Waals surface area contributed by atoms with Crippen molar-refractivity contribution in [1.29, 1.82) is 0 Å². The number of rotatable bonds is 12. The third-order valence-electron chi connectivity index (χ3n) is 3.05. The van der Waals surface area contributed by atoms with E-state index in [1.54, 1.807) is 6.55 Å². The molecule has 7 heteroatoms. The fourth-order valence-corrected chi connectivity index (χ4v) is 3.47. The van der Waals surface area contributed by atoms with E-state index in [9.17, 15) is 18.0 Å². The molecule has 0 fully saturated rings. The summed E-state index contributed by atoms with van der Waals surface area (Å²) >= 11 is 0. The Bertz CT molecular complexity index is 311. The van der Waals surface area contributed by atoms with E-state index in [-0.39, 0.29) is 5.75 Å². The van der Waals surface area contributed by atoms with Gasteiger partial charge in [0.25, 0.3) is 10.1 Å². The molecule has 0 radical (unpaired) electrons. The summed E-state index contributed by atoms with van der Waals surface area (Å²) in [5.41, 5.74) is 0. The molecule has 0 amide bonds. The molecule has 0 heterocycles. The Kier molecular flexibility index (Phi) is 9.90. The average Bonchev–Trinajstić information content (AvgIpc) is 2.22. The minimum Gasteiger partial charge on any atom is -0.411 e. The molecule has 0 aromatic carbocycles. The highest BCUT2D eigenvalue weighted by atomic mass is 32.2. The highest BCUT2D eigenvalue weighted by Crippen LogP contribution is 2.13. The number of unbranched alkanes of at least 4 members (excludes halogenated alkanes) is 8. The van der Waals surface area contributed by atoms with E-state index in [4.69, 9.17) is 4.55 Å². The molecular weight excluding hydrogens is 284 g/mol. The maximum absolute atomic E-state index is 10.5. The summed E-state index contributed by atoms with van der Waals surface area (Å²) in [4.78, 5) is 18.5. The van der Waals surface area contributed by atoms with Crippen molar-refractivity contribution in [2.45, 2.75) is 70.4 Å². The van der Waals surface area contributed by atoms with E-state index < -0.39 is 18.7 Å². The SMILES string of the molecule is C[Si](O)(O)CCCCCCCCCCCS(=O)(=O)O. The van der Waals surface area contributed by atoms with Gasteiger partial charge in [-0.15, -0.1) is 0 Å². The van der Waals surface area contributed by atoms with Crippen molar-refractivity contribution in [3.63, 3.8) is 0 Å². The van der Waals surface area contributed by atoms with Crippen molar-refractivity contribution in [1.82, 2.24) is 0 Å². The van der Waals surface area contributed by atoms with Crippen LogP contribution in [0.5, 0.6) is 0 Å². The second kappa shape index (κ2) is 9.87. The quantitative estimate of drug-likeness (QED) is 0.292. The lowest BCUT2D eigenvalue weighted by molar-refractivity contribution is 0.366. The molecule has 0 aromatic heterocycles. The van der Waals surface area contributed by atoms with Gasteiger partial charge < -0.3 is 9.59 Å². The van der Waals surface area contributed by atoms with E-state index >= 15 is 0 Å². The van der Waals surface area contributed by atoms with Crippen molar-refractivity contribution in [3.05, 3.63) is 0 Å². The lowest BCUT2D eigenvalue weighted by Gasteiger charge is -2.10. The second-order valence-electron chi connectivity index (χ2n) is 5.44. The molecule has 0 aliphatic carbocycles. The van der Waals surface area contributed by atoms with Crippen LogP contribution in [0.4, 0.5) is 0 Å². The summed E-state index contributed by atoms with van der Waals surface area (Å²) in [5, 5.41) is 0. The van der Waals surface area contributed by atoms with Crippen LogP contribution in [0.25, 0.3) is 0 Å². The van der Waals surface area contributed by atoms with Crippen molar-refractivity contribution in [3.8, 4) is 0 Å². The van der Waals surface area contributed by atoms with Gasteiger partial charge in [0.15, 0.2) is 0 Å². The van der Waals surface area contributed by atoms with Crippen LogP contribution < -0.4 is 0 Å². The van der Waals surface area contributed by atoms with Gasteiger partial charge in [0.1, 0.15) is 0 Å². The normalized spacial score (nSPS) is 12.8. The first-order valence-corrected chi connectivity index (χ1v) is 11.3. The molecule has 0 aliphatic heterocycles. The molecule has 0 unspecified atom stereocenters. The summed E-state index contributed by atoms with van der Waals surface area (Å²) in [6, 6.07) is 0.558. The Labute approximate surface area is 118 Å². The molecule has 3 N–H and O–H groups in total. The lowest BCUT2D eigenvalue weighted by atomic mass is 10.1. The van der Waals surface area contributed by atoms with Crippen LogP contribution in [0.15, 0.2) is 0 Å². The molecule has 116 valence electrons. The Morgan fingerprint density at radius 2 is 1.16 bits per heavy atom. The van der Waals surface area contributed by atoms with E-state index in [1.165, 1.54) is 0 Å². The highest BCUT2D eigenvalue weighted by Gasteiger charge is 2.19. The molecule has 19 heavy (non-hydrogen) atoms. The lowest BCUT2D eigenvalue weighted by Crippen LogP contribution is -2.29. The first-order chi connectivity index (χ1) is 8.71. The Hall–Kier alpha value is 0.0469. The van der Waals surface area contributed by atoms with Crippen LogP contribution in [0.1, 0.15) is 57.8 Å². The summed E-state index contributed by atoms with van der Waals surface area (Å²) in [6.07, 6.45) is 8.83. The van der Waals surface area contributed by atoms with Crippen LogP contribution in [0.2, 0.25) is 12.6 Å². The largest absolute Gasteiger partial charge is 0.411 e. The van der Waals surface area contributed by atoms with Gasteiger partial charge in [-0.25, -0.2) is 0 Å². The third kappa shape index (κ3) is 18.0. The predicted octanol–water partition coefficient (Wildman–Crippen LogP) is 2.44. The van der Waals surface area contributed by atoms with Gasteiger partial charge >= 0.3 is 8.56 Å². The van der Waals surface area contributed by atoms with Gasteiger partial charge in [0, 0.05) is 0 Å². The zero-order valence-electron chi connectivity index (χ0n) is 11.8. The molecule has 0 aromatic rings. The predicted molar refractivity (Wildman–Crippen MR) is 78.8 cm³/mol. The molecule has 0 rings (SSSR count). The van der Waals surface area contributed by atoms with E-state index in [2.05, 4.69) is 0 Å². The van der Waals surface area contributed by atoms with Crippen LogP contribution in [0, 0.1) is 0 Å². The standard InChI is InChI=1S/C12H28O5SSi/c1-19(16,17)12-10-8-6-4-2-3-5-7-9-11-18(13,14)15/h16-17H,2-12H2,1H3,(H,13,14,15). The van der Waals surface area contributed by atoms with Crippen molar-refractivity contribution in [2.75, 3.05) is 5.75 Å².